The van der Waals surface area contributed by atoms with Crippen LogP contribution >= 0.6 is 0 Å². The summed E-state index contributed by atoms with van der Waals surface area (Å²) in [5.41, 5.74) is 5.12. The lowest BCUT2D eigenvalue weighted by Crippen LogP contribution is -2.46. The molecule has 2 atom stereocenters. The number of hydrogen-bond acceptors (Lipinski definition) is 3. The summed E-state index contributed by atoms with van der Waals surface area (Å²) in [4.78, 5) is 13.0. The van der Waals surface area contributed by atoms with E-state index in [1.807, 2.05) is 37.3 Å². The minimum absolute atomic E-state index is 0.0376. The molecule has 2 aliphatic rings. The van der Waals surface area contributed by atoms with Gasteiger partial charge in [-0.05, 0) is 80.5 Å². The van der Waals surface area contributed by atoms with E-state index >= 15 is 0 Å². The molecular weight excluding hydrogens is 432 g/mol. The van der Waals surface area contributed by atoms with Gasteiger partial charge in [-0.1, -0.05) is 48.5 Å². The summed E-state index contributed by atoms with van der Waals surface area (Å²) < 4.78 is 27.4. The van der Waals surface area contributed by atoms with Gasteiger partial charge in [0.15, 0.2) is 0 Å². The lowest BCUT2D eigenvalue weighted by atomic mass is 9.89. The van der Waals surface area contributed by atoms with Crippen molar-refractivity contribution in [1.29, 1.82) is 0 Å². The van der Waals surface area contributed by atoms with Crippen molar-refractivity contribution in [3.8, 4) is 0 Å². The molecule has 0 bridgehead atoms. The molecule has 2 aromatic carbocycles. The van der Waals surface area contributed by atoms with Gasteiger partial charge in [0, 0.05) is 13.1 Å². The predicted molar refractivity (Wildman–Crippen MR) is 132 cm³/mol. The van der Waals surface area contributed by atoms with E-state index in [-0.39, 0.29) is 30.2 Å². The fourth-order valence-electron chi connectivity index (χ4n) is 5.08. The molecule has 1 aliphatic carbocycles. The van der Waals surface area contributed by atoms with Gasteiger partial charge in [-0.2, -0.15) is 0 Å². The van der Waals surface area contributed by atoms with Crippen molar-refractivity contribution in [3.63, 3.8) is 0 Å². The summed E-state index contributed by atoms with van der Waals surface area (Å²) >= 11 is 0. The lowest BCUT2D eigenvalue weighted by molar-refractivity contribution is -0.126. The van der Waals surface area contributed by atoms with Gasteiger partial charge in [0.25, 0.3) is 0 Å². The van der Waals surface area contributed by atoms with E-state index in [9.17, 15) is 13.2 Å². The van der Waals surface area contributed by atoms with E-state index in [4.69, 9.17) is 0 Å². The average Bonchev–Trinajstić information content (AvgIpc) is 2.84. The Hall–Kier alpha value is -2.18. The second-order valence-corrected chi connectivity index (χ2v) is 11.7. The predicted octanol–water partition coefficient (Wildman–Crippen LogP) is 4.42. The van der Waals surface area contributed by atoms with E-state index in [0.717, 1.165) is 43.2 Å². The molecule has 1 amide bonds. The molecule has 178 valence electrons. The number of carbonyl (C=O) groups excluding carboxylic acids is 1. The quantitative estimate of drug-likeness (QED) is 0.624. The first-order valence-corrected chi connectivity index (χ1v) is 14.0. The van der Waals surface area contributed by atoms with Crippen molar-refractivity contribution in [2.45, 2.75) is 64.3 Å². The molecule has 2 aromatic rings. The van der Waals surface area contributed by atoms with Crippen LogP contribution in [-0.2, 0) is 34.1 Å². The Morgan fingerprint density at radius 1 is 1.06 bits per heavy atom. The lowest BCUT2D eigenvalue weighted by Gasteiger charge is -2.32. The van der Waals surface area contributed by atoms with Crippen molar-refractivity contribution >= 4 is 15.9 Å². The van der Waals surface area contributed by atoms with E-state index in [2.05, 4.69) is 23.5 Å². The zero-order valence-electron chi connectivity index (χ0n) is 19.6. The van der Waals surface area contributed by atoms with Gasteiger partial charge in [0.05, 0.1) is 17.7 Å². The largest absolute Gasteiger partial charge is 0.349 e. The Labute approximate surface area is 198 Å². The van der Waals surface area contributed by atoms with Crippen molar-refractivity contribution in [2.24, 2.45) is 5.92 Å². The summed E-state index contributed by atoms with van der Waals surface area (Å²) in [6, 6.07) is 16.5. The van der Waals surface area contributed by atoms with Crippen LogP contribution < -0.4 is 5.32 Å². The first-order chi connectivity index (χ1) is 15.9. The third-order valence-electron chi connectivity index (χ3n) is 7.09. The molecule has 1 N–H and O–H groups in total. The molecule has 33 heavy (non-hydrogen) atoms. The molecule has 0 aromatic heterocycles. The highest BCUT2D eigenvalue weighted by Crippen LogP contribution is 2.26. The summed E-state index contributed by atoms with van der Waals surface area (Å²) in [7, 11) is -3.36. The Bertz CT molecular complexity index is 1050. The van der Waals surface area contributed by atoms with E-state index < -0.39 is 10.0 Å². The van der Waals surface area contributed by atoms with Crippen LogP contribution in [0.3, 0.4) is 0 Å². The number of piperidine rings is 1. The van der Waals surface area contributed by atoms with Crippen LogP contribution in [0, 0.1) is 5.92 Å². The van der Waals surface area contributed by atoms with Gasteiger partial charge in [-0.15, -0.1) is 0 Å². The first-order valence-electron chi connectivity index (χ1n) is 12.4. The summed E-state index contributed by atoms with van der Waals surface area (Å²) in [6.45, 7) is 2.82. The Morgan fingerprint density at radius 2 is 1.82 bits per heavy atom. The number of sulfonamides is 1. The third-order valence-corrected chi connectivity index (χ3v) is 9.01. The van der Waals surface area contributed by atoms with Crippen LogP contribution in [-0.4, -0.2) is 37.5 Å². The van der Waals surface area contributed by atoms with Crippen molar-refractivity contribution in [1.82, 2.24) is 9.62 Å². The van der Waals surface area contributed by atoms with Gasteiger partial charge in [0.2, 0.25) is 15.9 Å². The minimum atomic E-state index is -3.36. The van der Waals surface area contributed by atoms with Gasteiger partial charge >= 0.3 is 0 Å². The molecule has 6 heteroatoms. The van der Waals surface area contributed by atoms with Crippen LogP contribution in [0.4, 0.5) is 0 Å². The molecule has 1 heterocycles. The van der Waals surface area contributed by atoms with Gasteiger partial charge in [0.1, 0.15) is 0 Å². The number of fused-ring (bicyclic) bond motifs is 1. The van der Waals surface area contributed by atoms with Gasteiger partial charge in [-0.3, -0.25) is 4.79 Å². The molecule has 5 nitrogen and oxygen atoms in total. The molecule has 1 saturated heterocycles. The van der Waals surface area contributed by atoms with Gasteiger partial charge in [-0.25, -0.2) is 12.7 Å². The first kappa shape index (κ1) is 24.0. The second-order valence-electron chi connectivity index (χ2n) is 9.57. The van der Waals surface area contributed by atoms with Crippen LogP contribution in [0.5, 0.6) is 0 Å². The van der Waals surface area contributed by atoms with E-state index in [1.54, 1.807) is 0 Å². The number of nitrogens with one attached hydrogen (secondary N) is 1. The number of rotatable bonds is 8. The Balaban J connectivity index is 1.31. The number of carbonyl (C=O) groups is 1. The molecule has 1 aliphatic heterocycles. The molecule has 4 rings (SSSR count). The second kappa shape index (κ2) is 10.8. The van der Waals surface area contributed by atoms with Crippen LogP contribution in [0.15, 0.2) is 48.5 Å². The SMILES string of the molecule is C[C@H](NC(=O)[C@H]1CCCN(S(=O)(=O)CCCc2ccccc2)C1)c1ccc2c(c1)CCCC2. The number of amides is 1. The standard InChI is InChI=1S/C27H36N2O3S/c1-21(24-16-15-23-12-5-6-13-25(23)19-24)28-27(30)26-14-7-17-29(20-26)33(31,32)18-8-11-22-9-3-2-4-10-22/h2-4,9-10,15-16,19,21,26H,5-8,11-14,17-18,20H2,1H3,(H,28,30)/t21-,26-/m0/s1. The molecule has 0 spiro atoms. The molecule has 0 radical (unpaired) electrons. The number of aryl methyl sites for hydroxylation is 3. The van der Waals surface area contributed by atoms with Crippen molar-refractivity contribution < 1.29 is 13.2 Å². The molecule has 1 fully saturated rings. The minimum Gasteiger partial charge on any atom is -0.349 e. The van der Waals surface area contributed by atoms with Crippen LogP contribution in [0.25, 0.3) is 0 Å². The zero-order valence-corrected chi connectivity index (χ0v) is 20.4. The number of benzene rings is 2. The number of hydrogen-bond donors (Lipinski definition) is 1. The summed E-state index contributed by atoms with van der Waals surface area (Å²) in [5.74, 6) is -0.200. The van der Waals surface area contributed by atoms with Crippen LogP contribution in [0.2, 0.25) is 0 Å². The zero-order chi connectivity index (χ0) is 23.3. The summed E-state index contributed by atoms with van der Waals surface area (Å²) in [5, 5.41) is 3.15. The maximum atomic E-state index is 13.0. The molecular formula is C27H36N2O3S. The maximum absolute atomic E-state index is 13.0. The third kappa shape index (κ3) is 6.24. The average molecular weight is 469 g/mol. The highest BCUT2D eigenvalue weighted by molar-refractivity contribution is 7.89. The highest BCUT2D eigenvalue weighted by Gasteiger charge is 2.32. The molecule has 0 unspecified atom stereocenters. The molecule has 0 saturated carbocycles. The highest BCUT2D eigenvalue weighted by atomic mass is 32.2. The van der Waals surface area contributed by atoms with Crippen LogP contribution in [0.1, 0.15) is 67.3 Å². The maximum Gasteiger partial charge on any atom is 0.224 e. The smallest absolute Gasteiger partial charge is 0.224 e. The van der Waals surface area contributed by atoms with Crippen molar-refractivity contribution in [3.05, 3.63) is 70.8 Å². The normalized spacial score (nSPS) is 20.1. The van der Waals surface area contributed by atoms with Gasteiger partial charge < -0.3 is 5.32 Å². The number of nitrogens with zero attached hydrogens (tertiary/aromatic N) is 1. The van der Waals surface area contributed by atoms with Crippen molar-refractivity contribution in [2.75, 3.05) is 18.8 Å². The van der Waals surface area contributed by atoms with E-state index in [1.165, 1.54) is 28.3 Å². The fraction of sp³-hybridized carbons (Fsp3) is 0.519. The van der Waals surface area contributed by atoms with E-state index in [0.29, 0.717) is 13.0 Å². The summed E-state index contributed by atoms with van der Waals surface area (Å²) in [6.07, 6.45) is 7.55. The monoisotopic (exact) mass is 468 g/mol. The Kier molecular flexibility index (Phi) is 7.86. The fourth-order valence-corrected chi connectivity index (χ4v) is 6.66. The Morgan fingerprint density at radius 3 is 2.61 bits per heavy atom. The topological polar surface area (TPSA) is 66.5 Å².